The molecule has 1 heterocycles. The SMILES string of the molecule is NC1C(=O)Nc2cc(SCC(O)CO)c(Cl)cc21. The van der Waals surface area contributed by atoms with Gasteiger partial charge in [0.1, 0.15) is 6.04 Å². The quantitative estimate of drug-likeness (QED) is 0.613. The first-order valence-corrected chi connectivity index (χ1v) is 6.71. The number of aliphatic hydroxyl groups is 2. The first kappa shape index (κ1) is 13.6. The Balaban J connectivity index is 2.19. The third kappa shape index (κ3) is 2.62. The van der Waals surface area contributed by atoms with Gasteiger partial charge in [0.05, 0.1) is 17.7 Å². The van der Waals surface area contributed by atoms with E-state index in [4.69, 9.17) is 22.4 Å². The molecule has 98 valence electrons. The lowest BCUT2D eigenvalue weighted by Gasteiger charge is -2.10. The molecular formula is C11H13ClN2O3S. The number of carbonyl (C=O) groups excluding carboxylic acids is 1. The summed E-state index contributed by atoms with van der Waals surface area (Å²) in [5.41, 5.74) is 7.03. The lowest BCUT2D eigenvalue weighted by Crippen LogP contribution is -2.19. The zero-order chi connectivity index (χ0) is 13.3. The number of aliphatic hydroxyl groups excluding tert-OH is 2. The molecule has 7 heteroatoms. The molecule has 1 aromatic carbocycles. The molecule has 1 aromatic rings. The monoisotopic (exact) mass is 288 g/mol. The number of amides is 1. The molecule has 0 saturated heterocycles. The van der Waals surface area contributed by atoms with Gasteiger partial charge in [-0.15, -0.1) is 11.8 Å². The third-order valence-corrected chi connectivity index (χ3v) is 4.25. The predicted octanol–water partition coefficient (Wildman–Crippen LogP) is 0.737. The molecule has 0 bridgehead atoms. The first-order chi connectivity index (χ1) is 8.52. The van der Waals surface area contributed by atoms with Gasteiger partial charge in [0.2, 0.25) is 5.91 Å². The van der Waals surface area contributed by atoms with Crippen LogP contribution in [0.25, 0.3) is 0 Å². The zero-order valence-electron chi connectivity index (χ0n) is 9.39. The van der Waals surface area contributed by atoms with Crippen LogP contribution in [0, 0.1) is 0 Å². The van der Waals surface area contributed by atoms with Crippen molar-refractivity contribution < 1.29 is 15.0 Å². The summed E-state index contributed by atoms with van der Waals surface area (Å²) >= 11 is 7.40. The molecule has 2 rings (SSSR count). The normalized spacial score (nSPS) is 19.6. The lowest BCUT2D eigenvalue weighted by atomic mass is 10.1. The summed E-state index contributed by atoms with van der Waals surface area (Å²) in [7, 11) is 0. The van der Waals surface area contributed by atoms with Crippen molar-refractivity contribution in [2.45, 2.75) is 17.0 Å². The van der Waals surface area contributed by atoms with Gasteiger partial charge in [-0.2, -0.15) is 0 Å². The standard InChI is InChI=1S/C11H13ClN2O3S/c12-7-1-6-8(14-11(17)10(6)13)2-9(7)18-4-5(16)3-15/h1-2,5,10,15-16H,3-4,13H2,(H,14,17). The van der Waals surface area contributed by atoms with Gasteiger partial charge in [-0.05, 0) is 12.1 Å². The van der Waals surface area contributed by atoms with Crippen molar-refractivity contribution in [1.29, 1.82) is 0 Å². The molecule has 0 spiro atoms. The Morgan fingerprint density at radius 3 is 2.94 bits per heavy atom. The Bertz CT molecular complexity index is 484. The number of hydrogen-bond acceptors (Lipinski definition) is 5. The molecule has 0 fully saturated rings. The molecule has 0 radical (unpaired) electrons. The summed E-state index contributed by atoms with van der Waals surface area (Å²) in [6, 6.07) is 2.71. The fraction of sp³-hybridized carbons (Fsp3) is 0.364. The summed E-state index contributed by atoms with van der Waals surface area (Å²) < 4.78 is 0. The van der Waals surface area contributed by atoms with Crippen LogP contribution in [-0.2, 0) is 4.79 Å². The van der Waals surface area contributed by atoms with Crippen molar-refractivity contribution in [2.75, 3.05) is 17.7 Å². The fourth-order valence-corrected chi connectivity index (χ4v) is 2.85. The van der Waals surface area contributed by atoms with Crippen molar-refractivity contribution in [3.8, 4) is 0 Å². The van der Waals surface area contributed by atoms with Crippen molar-refractivity contribution >= 4 is 35.0 Å². The number of thioether (sulfide) groups is 1. The Labute approximate surface area is 113 Å². The largest absolute Gasteiger partial charge is 0.394 e. The summed E-state index contributed by atoms with van der Waals surface area (Å²) in [5, 5.41) is 21.2. The molecular weight excluding hydrogens is 276 g/mol. The first-order valence-electron chi connectivity index (χ1n) is 5.34. The number of hydrogen-bond donors (Lipinski definition) is 4. The van der Waals surface area contributed by atoms with Gasteiger partial charge >= 0.3 is 0 Å². The van der Waals surface area contributed by atoms with Gasteiger partial charge in [-0.25, -0.2) is 0 Å². The topological polar surface area (TPSA) is 95.6 Å². The van der Waals surface area contributed by atoms with Crippen LogP contribution in [0.15, 0.2) is 17.0 Å². The second-order valence-electron chi connectivity index (χ2n) is 3.98. The van der Waals surface area contributed by atoms with Crippen molar-refractivity contribution in [2.24, 2.45) is 5.73 Å². The van der Waals surface area contributed by atoms with E-state index in [0.29, 0.717) is 22.0 Å². The Hall–Kier alpha value is -0.790. The van der Waals surface area contributed by atoms with E-state index in [-0.39, 0.29) is 12.5 Å². The van der Waals surface area contributed by atoms with Gasteiger partial charge in [-0.3, -0.25) is 4.79 Å². The highest BCUT2D eigenvalue weighted by molar-refractivity contribution is 7.99. The minimum absolute atomic E-state index is 0.251. The summed E-state index contributed by atoms with van der Waals surface area (Å²) in [6.07, 6.45) is -0.795. The van der Waals surface area contributed by atoms with Crippen molar-refractivity contribution in [3.05, 3.63) is 22.7 Å². The van der Waals surface area contributed by atoms with Gasteiger partial charge in [-0.1, -0.05) is 11.6 Å². The van der Waals surface area contributed by atoms with E-state index < -0.39 is 12.1 Å². The number of anilines is 1. The predicted molar refractivity (Wildman–Crippen MR) is 70.8 cm³/mol. The molecule has 5 nitrogen and oxygen atoms in total. The number of nitrogens with two attached hydrogens (primary N) is 1. The number of carbonyl (C=O) groups is 1. The van der Waals surface area contributed by atoms with Crippen LogP contribution in [0.4, 0.5) is 5.69 Å². The van der Waals surface area contributed by atoms with Gasteiger partial charge in [0, 0.05) is 21.9 Å². The van der Waals surface area contributed by atoms with E-state index >= 15 is 0 Å². The van der Waals surface area contributed by atoms with Crippen LogP contribution in [-0.4, -0.2) is 34.6 Å². The molecule has 0 saturated carbocycles. The van der Waals surface area contributed by atoms with E-state index in [1.165, 1.54) is 11.8 Å². The summed E-state index contributed by atoms with van der Waals surface area (Å²) in [5.74, 6) is 0.0771. The lowest BCUT2D eigenvalue weighted by molar-refractivity contribution is -0.116. The highest BCUT2D eigenvalue weighted by Gasteiger charge is 2.28. The summed E-state index contributed by atoms with van der Waals surface area (Å²) in [6.45, 7) is -0.294. The molecule has 1 aliphatic heterocycles. The van der Waals surface area contributed by atoms with Gasteiger partial charge < -0.3 is 21.3 Å². The van der Waals surface area contributed by atoms with Crippen LogP contribution < -0.4 is 11.1 Å². The second kappa shape index (κ2) is 5.46. The third-order valence-electron chi connectivity index (χ3n) is 2.62. The average Bonchev–Trinajstić information content (AvgIpc) is 2.62. The number of rotatable bonds is 4. The van der Waals surface area contributed by atoms with Crippen molar-refractivity contribution in [1.82, 2.24) is 0 Å². The Morgan fingerprint density at radius 1 is 1.56 bits per heavy atom. The highest BCUT2D eigenvalue weighted by atomic mass is 35.5. The molecule has 1 aliphatic rings. The number of halogens is 1. The zero-order valence-corrected chi connectivity index (χ0v) is 11.0. The molecule has 1 amide bonds. The van der Waals surface area contributed by atoms with Crippen LogP contribution in [0.5, 0.6) is 0 Å². The highest BCUT2D eigenvalue weighted by Crippen LogP contribution is 2.38. The van der Waals surface area contributed by atoms with Gasteiger partial charge in [0.25, 0.3) is 0 Å². The van der Waals surface area contributed by atoms with Crippen LogP contribution in [0.3, 0.4) is 0 Å². The van der Waals surface area contributed by atoms with Crippen LogP contribution >= 0.6 is 23.4 Å². The average molecular weight is 289 g/mol. The smallest absolute Gasteiger partial charge is 0.245 e. The van der Waals surface area contributed by atoms with E-state index in [1.807, 2.05) is 0 Å². The molecule has 2 atom stereocenters. The molecule has 0 aromatic heterocycles. The van der Waals surface area contributed by atoms with E-state index in [0.717, 1.165) is 4.90 Å². The van der Waals surface area contributed by atoms with E-state index in [9.17, 15) is 9.90 Å². The number of nitrogens with one attached hydrogen (secondary N) is 1. The maximum absolute atomic E-state index is 11.4. The fourth-order valence-electron chi connectivity index (χ4n) is 1.64. The minimum atomic E-state index is -0.795. The van der Waals surface area contributed by atoms with Crippen molar-refractivity contribution in [3.63, 3.8) is 0 Å². The molecule has 5 N–H and O–H groups in total. The maximum Gasteiger partial charge on any atom is 0.245 e. The van der Waals surface area contributed by atoms with Crippen LogP contribution in [0.1, 0.15) is 11.6 Å². The number of fused-ring (bicyclic) bond motifs is 1. The summed E-state index contributed by atoms with van der Waals surface area (Å²) in [4.78, 5) is 12.1. The second-order valence-corrected chi connectivity index (χ2v) is 5.45. The van der Waals surface area contributed by atoms with E-state index in [2.05, 4.69) is 5.32 Å². The maximum atomic E-state index is 11.4. The number of benzene rings is 1. The Kier molecular flexibility index (Phi) is 4.14. The molecule has 18 heavy (non-hydrogen) atoms. The van der Waals surface area contributed by atoms with Gasteiger partial charge in [0.15, 0.2) is 0 Å². The van der Waals surface area contributed by atoms with E-state index in [1.54, 1.807) is 12.1 Å². The minimum Gasteiger partial charge on any atom is -0.394 e. The molecule has 0 aliphatic carbocycles. The molecule has 2 unspecified atom stereocenters. The Morgan fingerprint density at radius 2 is 2.28 bits per heavy atom. The van der Waals surface area contributed by atoms with Crippen LogP contribution in [0.2, 0.25) is 5.02 Å².